The number of halogens is 3. The first-order chi connectivity index (χ1) is 18.0. The van der Waals surface area contributed by atoms with Gasteiger partial charge in [-0.1, -0.05) is 29.3 Å². The molecule has 0 bridgehead atoms. The monoisotopic (exact) mass is 581 g/mol. The number of anilines is 1. The molecule has 0 fully saturated rings. The number of nitrogens with one attached hydrogen (secondary N) is 1. The predicted molar refractivity (Wildman–Crippen MR) is 144 cm³/mol. The maximum Gasteiger partial charge on any atom is 0.264 e. The van der Waals surface area contributed by atoms with E-state index in [9.17, 15) is 22.4 Å². The van der Waals surface area contributed by atoms with Gasteiger partial charge in [-0.25, -0.2) is 12.8 Å². The van der Waals surface area contributed by atoms with Gasteiger partial charge in [-0.3, -0.25) is 13.9 Å². The van der Waals surface area contributed by atoms with E-state index < -0.39 is 40.2 Å². The number of carbonyl (C=O) groups excluding carboxylic acids is 2. The highest BCUT2D eigenvalue weighted by Crippen LogP contribution is 2.29. The summed E-state index contributed by atoms with van der Waals surface area (Å²) >= 11 is 12.6. The first kappa shape index (κ1) is 29.2. The average Bonchev–Trinajstić information content (AvgIpc) is 2.91. The van der Waals surface area contributed by atoms with Gasteiger partial charge in [0.25, 0.3) is 10.0 Å². The molecule has 38 heavy (non-hydrogen) atoms. The van der Waals surface area contributed by atoms with Gasteiger partial charge < -0.3 is 15.0 Å². The third kappa shape index (κ3) is 6.56. The highest BCUT2D eigenvalue weighted by atomic mass is 35.5. The van der Waals surface area contributed by atoms with Crippen LogP contribution in [-0.4, -0.2) is 51.9 Å². The minimum Gasteiger partial charge on any atom is -0.497 e. The zero-order chi connectivity index (χ0) is 28.0. The van der Waals surface area contributed by atoms with Crippen LogP contribution in [-0.2, 0) is 26.2 Å². The smallest absolute Gasteiger partial charge is 0.264 e. The lowest BCUT2D eigenvalue weighted by molar-refractivity contribution is -0.139. The lowest BCUT2D eigenvalue weighted by Gasteiger charge is -2.32. The Kier molecular flexibility index (Phi) is 9.59. The first-order valence-electron chi connectivity index (χ1n) is 11.4. The molecular weight excluding hydrogens is 556 g/mol. The van der Waals surface area contributed by atoms with Crippen LogP contribution in [0.25, 0.3) is 0 Å². The predicted octanol–water partition coefficient (Wildman–Crippen LogP) is 4.50. The van der Waals surface area contributed by atoms with Gasteiger partial charge in [0.2, 0.25) is 11.8 Å². The van der Waals surface area contributed by atoms with E-state index in [2.05, 4.69) is 5.32 Å². The molecule has 2 amide bonds. The van der Waals surface area contributed by atoms with Crippen LogP contribution in [0.5, 0.6) is 5.75 Å². The second kappa shape index (κ2) is 12.5. The summed E-state index contributed by atoms with van der Waals surface area (Å²) in [4.78, 5) is 27.3. The summed E-state index contributed by atoms with van der Waals surface area (Å²) in [5.74, 6) is -1.33. The van der Waals surface area contributed by atoms with Gasteiger partial charge >= 0.3 is 0 Å². The van der Waals surface area contributed by atoms with Crippen molar-refractivity contribution in [2.75, 3.05) is 25.0 Å². The number of ether oxygens (including phenoxy) is 1. The molecule has 3 aromatic carbocycles. The molecule has 0 unspecified atom stereocenters. The van der Waals surface area contributed by atoms with Crippen LogP contribution in [0.1, 0.15) is 12.5 Å². The normalized spacial score (nSPS) is 11.9. The molecule has 0 aliphatic carbocycles. The molecule has 0 saturated heterocycles. The van der Waals surface area contributed by atoms with Gasteiger partial charge in [0.15, 0.2) is 0 Å². The topological polar surface area (TPSA) is 96.0 Å². The lowest BCUT2D eigenvalue weighted by atomic mass is 10.1. The number of hydrogen-bond acceptors (Lipinski definition) is 5. The van der Waals surface area contributed by atoms with Gasteiger partial charge in [-0.2, -0.15) is 0 Å². The molecule has 1 atom stereocenters. The minimum absolute atomic E-state index is 0.0545. The Bertz CT molecular complexity index is 1380. The SMILES string of the molecule is CNC(=O)[C@H](C)N(Cc1c(Cl)cccc1Cl)C(=O)CN(c1ccc(F)cc1)S(=O)(=O)c1ccc(OC)cc1. The Balaban J connectivity index is 2.06. The molecule has 0 saturated carbocycles. The molecule has 3 rings (SSSR count). The summed E-state index contributed by atoms with van der Waals surface area (Å²) in [6.45, 7) is 0.650. The molecule has 1 N–H and O–H groups in total. The Labute approximate surface area is 231 Å². The van der Waals surface area contributed by atoms with E-state index in [-0.39, 0.29) is 27.2 Å². The number of sulfonamides is 1. The van der Waals surface area contributed by atoms with E-state index in [0.29, 0.717) is 11.3 Å². The quantitative estimate of drug-likeness (QED) is 0.380. The van der Waals surface area contributed by atoms with Crippen molar-refractivity contribution in [3.63, 3.8) is 0 Å². The zero-order valence-corrected chi connectivity index (χ0v) is 23.1. The van der Waals surface area contributed by atoms with Crippen molar-refractivity contribution in [1.82, 2.24) is 10.2 Å². The number of rotatable bonds is 10. The molecule has 8 nitrogen and oxygen atoms in total. The molecule has 0 heterocycles. The van der Waals surface area contributed by atoms with Crippen molar-refractivity contribution in [1.29, 1.82) is 0 Å². The zero-order valence-electron chi connectivity index (χ0n) is 20.8. The largest absolute Gasteiger partial charge is 0.497 e. The van der Waals surface area contributed by atoms with Crippen molar-refractivity contribution in [2.45, 2.75) is 24.4 Å². The van der Waals surface area contributed by atoms with E-state index in [4.69, 9.17) is 27.9 Å². The van der Waals surface area contributed by atoms with Gasteiger partial charge in [0.1, 0.15) is 24.2 Å². The third-order valence-corrected chi connectivity index (χ3v) is 8.34. The Morgan fingerprint density at radius 1 is 1.00 bits per heavy atom. The molecule has 12 heteroatoms. The number of likely N-dealkylation sites (N-methyl/N-ethyl adjacent to an activating group) is 1. The fourth-order valence-corrected chi connectivity index (χ4v) is 5.59. The van der Waals surface area contributed by atoms with Crippen molar-refractivity contribution >= 4 is 50.7 Å². The van der Waals surface area contributed by atoms with Crippen LogP contribution in [0, 0.1) is 5.82 Å². The Morgan fingerprint density at radius 3 is 2.11 bits per heavy atom. The molecule has 0 aliphatic rings. The Hall–Kier alpha value is -3.34. The van der Waals surface area contributed by atoms with E-state index in [1.807, 2.05) is 0 Å². The van der Waals surface area contributed by atoms with Crippen molar-refractivity contribution in [3.8, 4) is 5.75 Å². The first-order valence-corrected chi connectivity index (χ1v) is 13.6. The fraction of sp³-hybridized carbons (Fsp3) is 0.231. The molecule has 3 aromatic rings. The van der Waals surface area contributed by atoms with Crippen LogP contribution in [0.15, 0.2) is 71.6 Å². The number of methoxy groups -OCH3 is 1. The number of benzene rings is 3. The molecule has 202 valence electrons. The highest BCUT2D eigenvalue weighted by Gasteiger charge is 2.33. The highest BCUT2D eigenvalue weighted by molar-refractivity contribution is 7.92. The average molecular weight is 582 g/mol. The van der Waals surface area contributed by atoms with Crippen LogP contribution < -0.4 is 14.4 Å². The van der Waals surface area contributed by atoms with Gasteiger partial charge in [-0.05, 0) is 67.6 Å². The van der Waals surface area contributed by atoms with Gasteiger partial charge in [0.05, 0.1) is 17.7 Å². The maximum absolute atomic E-state index is 13.7. The number of hydrogen-bond donors (Lipinski definition) is 1. The molecule has 0 radical (unpaired) electrons. The van der Waals surface area contributed by atoms with Crippen LogP contribution in [0.3, 0.4) is 0 Å². The fourth-order valence-electron chi connectivity index (χ4n) is 3.66. The van der Waals surface area contributed by atoms with E-state index in [1.54, 1.807) is 18.2 Å². The maximum atomic E-state index is 13.7. The van der Waals surface area contributed by atoms with E-state index in [0.717, 1.165) is 16.4 Å². The summed E-state index contributed by atoms with van der Waals surface area (Å²) in [5, 5.41) is 3.05. The molecule has 0 aliphatic heterocycles. The summed E-state index contributed by atoms with van der Waals surface area (Å²) in [5.41, 5.74) is 0.449. The van der Waals surface area contributed by atoms with E-state index >= 15 is 0 Å². The van der Waals surface area contributed by atoms with Crippen molar-refractivity contribution in [2.24, 2.45) is 0 Å². The summed E-state index contributed by atoms with van der Waals surface area (Å²) < 4.78 is 47.0. The van der Waals surface area contributed by atoms with Crippen LogP contribution in [0.2, 0.25) is 10.0 Å². The molecule has 0 aromatic heterocycles. The van der Waals surface area contributed by atoms with Gasteiger partial charge in [0, 0.05) is 29.2 Å². The lowest BCUT2D eigenvalue weighted by Crippen LogP contribution is -2.50. The van der Waals surface area contributed by atoms with Crippen LogP contribution >= 0.6 is 23.2 Å². The summed E-state index contributed by atoms with van der Waals surface area (Å²) in [6, 6.07) is 14.1. The number of carbonyl (C=O) groups is 2. The molecular formula is C26H26Cl2FN3O5S. The number of nitrogens with zero attached hydrogens (tertiary/aromatic N) is 2. The Morgan fingerprint density at radius 2 is 1.58 bits per heavy atom. The minimum atomic E-state index is -4.31. The van der Waals surface area contributed by atoms with Gasteiger partial charge in [-0.15, -0.1) is 0 Å². The summed E-state index contributed by atoms with van der Waals surface area (Å²) in [7, 11) is -1.44. The van der Waals surface area contributed by atoms with E-state index in [1.165, 1.54) is 62.4 Å². The second-order valence-corrected chi connectivity index (χ2v) is 10.9. The van der Waals surface area contributed by atoms with Crippen LogP contribution in [0.4, 0.5) is 10.1 Å². The molecule has 0 spiro atoms. The van der Waals surface area contributed by atoms with Crippen molar-refractivity contribution < 1.29 is 27.1 Å². The summed E-state index contributed by atoms with van der Waals surface area (Å²) in [6.07, 6.45) is 0. The second-order valence-electron chi connectivity index (χ2n) is 8.18. The standard InChI is InChI=1S/C26H26Cl2FN3O5S/c1-17(26(34)30-2)31(15-22-23(27)5-4-6-24(22)28)25(33)16-32(19-9-7-18(29)8-10-19)38(35,36)21-13-11-20(37-3)12-14-21/h4-14,17H,15-16H2,1-3H3,(H,30,34)/t17-/m0/s1. The van der Waals surface area contributed by atoms with Crippen molar-refractivity contribution in [3.05, 3.63) is 88.2 Å². The number of amides is 2. The third-order valence-electron chi connectivity index (χ3n) is 5.84.